The Morgan fingerprint density at radius 1 is 1.17 bits per heavy atom. The topological polar surface area (TPSA) is 50.4 Å². The second-order valence-electron chi connectivity index (χ2n) is 5.33. The molecule has 0 saturated carbocycles. The monoisotopic (exact) mass is 334 g/mol. The maximum atomic E-state index is 12.6. The molecule has 0 spiro atoms. The van der Waals surface area contributed by atoms with Gasteiger partial charge in [0.05, 0.1) is 6.61 Å². The number of rotatable bonds is 7. The number of hydrogen-bond donors (Lipinski definition) is 2. The SMILES string of the molecule is Cc1cccc(OCCCNC(=O)Nc2cccc(C(F)F)c2)c1. The zero-order chi connectivity index (χ0) is 17.4. The fourth-order valence-electron chi connectivity index (χ4n) is 2.10. The minimum atomic E-state index is -2.56. The summed E-state index contributed by atoms with van der Waals surface area (Å²) in [4.78, 5) is 11.7. The highest BCUT2D eigenvalue weighted by molar-refractivity contribution is 5.89. The van der Waals surface area contributed by atoms with Gasteiger partial charge >= 0.3 is 6.03 Å². The Hall–Kier alpha value is -2.63. The van der Waals surface area contributed by atoms with Crippen molar-refractivity contribution in [3.63, 3.8) is 0 Å². The molecule has 0 heterocycles. The third-order valence-corrected chi connectivity index (χ3v) is 3.26. The third-order valence-electron chi connectivity index (χ3n) is 3.26. The molecule has 0 bridgehead atoms. The maximum Gasteiger partial charge on any atom is 0.319 e. The molecule has 6 heteroatoms. The molecule has 0 unspecified atom stereocenters. The largest absolute Gasteiger partial charge is 0.494 e. The quantitative estimate of drug-likeness (QED) is 0.731. The first-order chi connectivity index (χ1) is 11.5. The summed E-state index contributed by atoms with van der Waals surface area (Å²) >= 11 is 0. The number of ether oxygens (including phenoxy) is 1. The molecular weight excluding hydrogens is 314 g/mol. The lowest BCUT2D eigenvalue weighted by Gasteiger charge is -2.10. The van der Waals surface area contributed by atoms with E-state index < -0.39 is 12.5 Å². The molecule has 24 heavy (non-hydrogen) atoms. The molecule has 0 aliphatic carbocycles. The van der Waals surface area contributed by atoms with Gasteiger partial charge in [-0.3, -0.25) is 0 Å². The number of benzene rings is 2. The van der Waals surface area contributed by atoms with Gasteiger partial charge < -0.3 is 15.4 Å². The van der Waals surface area contributed by atoms with Gasteiger partial charge in [0, 0.05) is 17.8 Å². The van der Waals surface area contributed by atoms with E-state index in [1.807, 2.05) is 31.2 Å². The maximum absolute atomic E-state index is 12.6. The molecule has 128 valence electrons. The van der Waals surface area contributed by atoms with Crippen molar-refractivity contribution in [1.82, 2.24) is 5.32 Å². The number of anilines is 1. The Kier molecular flexibility index (Phi) is 6.54. The van der Waals surface area contributed by atoms with Crippen LogP contribution in [0.25, 0.3) is 0 Å². The molecule has 4 nitrogen and oxygen atoms in total. The number of urea groups is 1. The van der Waals surface area contributed by atoms with Gasteiger partial charge in [-0.25, -0.2) is 13.6 Å². The highest BCUT2D eigenvalue weighted by Crippen LogP contribution is 2.21. The van der Waals surface area contributed by atoms with Gasteiger partial charge in [0.25, 0.3) is 6.43 Å². The van der Waals surface area contributed by atoms with Crippen LogP contribution in [0, 0.1) is 6.92 Å². The van der Waals surface area contributed by atoms with Crippen molar-refractivity contribution in [2.45, 2.75) is 19.8 Å². The number of carbonyl (C=O) groups is 1. The molecule has 2 rings (SSSR count). The van der Waals surface area contributed by atoms with Crippen molar-refractivity contribution < 1.29 is 18.3 Å². The van der Waals surface area contributed by atoms with Crippen LogP contribution in [0.2, 0.25) is 0 Å². The van der Waals surface area contributed by atoms with E-state index >= 15 is 0 Å². The number of nitrogens with one attached hydrogen (secondary N) is 2. The van der Waals surface area contributed by atoms with Crippen molar-refractivity contribution in [3.05, 3.63) is 59.7 Å². The fourth-order valence-corrected chi connectivity index (χ4v) is 2.10. The summed E-state index contributed by atoms with van der Waals surface area (Å²) < 4.78 is 30.8. The highest BCUT2D eigenvalue weighted by Gasteiger charge is 2.08. The summed E-state index contributed by atoms with van der Waals surface area (Å²) in [6.07, 6.45) is -1.92. The zero-order valence-electron chi connectivity index (χ0n) is 13.4. The summed E-state index contributed by atoms with van der Waals surface area (Å²) in [5.74, 6) is 0.795. The second kappa shape index (κ2) is 8.86. The van der Waals surface area contributed by atoms with E-state index in [4.69, 9.17) is 4.74 Å². The fraction of sp³-hybridized carbons (Fsp3) is 0.278. The minimum Gasteiger partial charge on any atom is -0.494 e. The van der Waals surface area contributed by atoms with Gasteiger partial charge in [-0.2, -0.15) is 0 Å². The highest BCUT2D eigenvalue weighted by atomic mass is 19.3. The number of alkyl halides is 2. The molecule has 0 fully saturated rings. The molecule has 2 N–H and O–H groups in total. The van der Waals surface area contributed by atoms with E-state index in [0.717, 1.165) is 11.3 Å². The molecule has 0 aliphatic rings. The average molecular weight is 334 g/mol. The number of halogens is 2. The summed E-state index contributed by atoms with van der Waals surface area (Å²) in [7, 11) is 0. The lowest BCUT2D eigenvalue weighted by Crippen LogP contribution is -2.30. The van der Waals surface area contributed by atoms with E-state index in [0.29, 0.717) is 25.3 Å². The third kappa shape index (κ3) is 5.87. The van der Waals surface area contributed by atoms with Gasteiger partial charge in [0.15, 0.2) is 0 Å². The Morgan fingerprint density at radius 3 is 2.71 bits per heavy atom. The van der Waals surface area contributed by atoms with Crippen molar-refractivity contribution in [2.24, 2.45) is 0 Å². The number of hydrogen-bond acceptors (Lipinski definition) is 2. The van der Waals surface area contributed by atoms with Crippen LogP contribution in [0.4, 0.5) is 19.3 Å². The minimum absolute atomic E-state index is 0.126. The summed E-state index contributed by atoms with van der Waals surface area (Å²) in [6.45, 7) is 2.89. The predicted octanol–water partition coefficient (Wildman–Crippen LogP) is 4.52. The van der Waals surface area contributed by atoms with Crippen LogP contribution < -0.4 is 15.4 Å². The van der Waals surface area contributed by atoms with Gasteiger partial charge in [-0.05, 0) is 43.2 Å². The van der Waals surface area contributed by atoms with E-state index in [-0.39, 0.29) is 5.56 Å². The van der Waals surface area contributed by atoms with Crippen LogP contribution in [-0.4, -0.2) is 19.2 Å². The second-order valence-corrected chi connectivity index (χ2v) is 5.33. The first-order valence-corrected chi connectivity index (χ1v) is 7.67. The smallest absolute Gasteiger partial charge is 0.319 e. The standard InChI is InChI=1S/C18H20F2N2O2/c1-13-5-2-8-16(11-13)24-10-4-9-21-18(23)22-15-7-3-6-14(12-15)17(19)20/h2-3,5-8,11-12,17H,4,9-10H2,1H3,(H2,21,22,23). The van der Waals surface area contributed by atoms with Crippen LogP contribution in [0.15, 0.2) is 48.5 Å². The Morgan fingerprint density at radius 2 is 1.96 bits per heavy atom. The average Bonchev–Trinajstić information content (AvgIpc) is 2.55. The zero-order valence-corrected chi connectivity index (χ0v) is 13.4. The van der Waals surface area contributed by atoms with Crippen molar-refractivity contribution >= 4 is 11.7 Å². The van der Waals surface area contributed by atoms with E-state index in [9.17, 15) is 13.6 Å². The molecule has 0 aromatic heterocycles. The normalized spacial score (nSPS) is 10.5. The van der Waals surface area contributed by atoms with E-state index in [1.165, 1.54) is 18.2 Å². The van der Waals surface area contributed by atoms with Crippen molar-refractivity contribution in [2.75, 3.05) is 18.5 Å². The predicted molar refractivity (Wildman–Crippen MR) is 89.7 cm³/mol. The Balaban J connectivity index is 1.67. The van der Waals surface area contributed by atoms with Crippen LogP contribution >= 0.6 is 0 Å². The molecular formula is C18H20F2N2O2. The van der Waals surface area contributed by atoms with Crippen molar-refractivity contribution in [1.29, 1.82) is 0 Å². The van der Waals surface area contributed by atoms with Crippen LogP contribution in [0.3, 0.4) is 0 Å². The molecule has 2 aromatic carbocycles. The van der Waals surface area contributed by atoms with Gasteiger partial charge in [0.1, 0.15) is 5.75 Å². The lowest BCUT2D eigenvalue weighted by atomic mass is 10.2. The summed E-state index contributed by atoms with van der Waals surface area (Å²) in [6, 6.07) is 12.9. The number of carbonyl (C=O) groups excluding carboxylic acids is 1. The van der Waals surface area contributed by atoms with E-state index in [1.54, 1.807) is 6.07 Å². The number of amides is 2. The molecule has 0 aliphatic heterocycles. The van der Waals surface area contributed by atoms with Crippen LogP contribution in [-0.2, 0) is 0 Å². The molecule has 0 saturated heterocycles. The molecule has 0 atom stereocenters. The lowest BCUT2D eigenvalue weighted by molar-refractivity contribution is 0.151. The van der Waals surface area contributed by atoms with Gasteiger partial charge in [-0.15, -0.1) is 0 Å². The van der Waals surface area contributed by atoms with E-state index in [2.05, 4.69) is 10.6 Å². The van der Waals surface area contributed by atoms with Crippen LogP contribution in [0.5, 0.6) is 5.75 Å². The van der Waals surface area contributed by atoms with Gasteiger partial charge in [-0.1, -0.05) is 24.3 Å². The summed E-state index contributed by atoms with van der Waals surface area (Å²) in [5.41, 5.74) is 1.33. The Labute approximate surface area is 139 Å². The number of aryl methyl sites for hydroxylation is 1. The summed E-state index contributed by atoms with van der Waals surface area (Å²) in [5, 5.41) is 5.19. The Bertz CT molecular complexity index is 678. The first kappa shape index (κ1) is 17.7. The molecule has 2 aromatic rings. The first-order valence-electron chi connectivity index (χ1n) is 7.67. The van der Waals surface area contributed by atoms with Gasteiger partial charge in [0.2, 0.25) is 0 Å². The molecule has 0 radical (unpaired) electrons. The molecule has 2 amide bonds. The van der Waals surface area contributed by atoms with Crippen molar-refractivity contribution in [3.8, 4) is 5.75 Å². The van der Waals surface area contributed by atoms with Crippen LogP contribution in [0.1, 0.15) is 24.0 Å².